The highest BCUT2D eigenvalue weighted by Crippen LogP contribution is 2.34. The molecule has 37 heavy (non-hydrogen) atoms. The lowest BCUT2D eigenvalue weighted by molar-refractivity contribution is 0.0706. The van der Waals surface area contributed by atoms with E-state index in [1.165, 1.54) is 0 Å². The molecule has 7 rings (SSSR count). The summed E-state index contributed by atoms with van der Waals surface area (Å²) in [5.41, 5.74) is 6.44. The molecular weight excluding hydrogens is 464 g/mol. The summed E-state index contributed by atoms with van der Waals surface area (Å²) in [6.45, 7) is 4.33. The number of hydrogen-bond acceptors (Lipinski definition) is 5. The summed E-state index contributed by atoms with van der Waals surface area (Å²) in [5.74, 6) is 2.55. The van der Waals surface area contributed by atoms with Crippen LogP contribution < -0.4 is 0 Å². The van der Waals surface area contributed by atoms with Crippen LogP contribution >= 0.6 is 0 Å². The lowest BCUT2D eigenvalue weighted by atomic mass is 10.1. The van der Waals surface area contributed by atoms with Gasteiger partial charge < -0.3 is 14.0 Å². The average Bonchev–Trinajstić information content (AvgIpc) is 3.65. The summed E-state index contributed by atoms with van der Waals surface area (Å²) in [4.78, 5) is 20.0. The molecule has 0 N–H and O–H groups in total. The third kappa shape index (κ3) is 3.37. The minimum atomic E-state index is -0.00388. The summed E-state index contributed by atoms with van der Waals surface area (Å²) < 4.78 is 6.33. The minimum absolute atomic E-state index is 0.00388. The van der Waals surface area contributed by atoms with Crippen LogP contribution in [0.3, 0.4) is 0 Å². The van der Waals surface area contributed by atoms with Crippen molar-refractivity contribution in [3.8, 4) is 34.4 Å². The Labute approximate surface area is 212 Å². The van der Waals surface area contributed by atoms with Gasteiger partial charge in [0.05, 0.1) is 29.6 Å². The van der Waals surface area contributed by atoms with E-state index in [-0.39, 0.29) is 5.91 Å². The molecule has 0 atom stereocenters. The van der Waals surface area contributed by atoms with Crippen LogP contribution in [0.15, 0.2) is 67.1 Å². The summed E-state index contributed by atoms with van der Waals surface area (Å²) in [6.07, 6.45) is 5.87. The highest BCUT2D eigenvalue weighted by Gasteiger charge is 2.26. The number of amides is 1. The first-order chi connectivity index (χ1) is 18.1. The Kier molecular flexibility index (Phi) is 4.63. The standard InChI is InChI=1S/C28H22N8O/c1-18-31-32-26-17-33(10-11-35(18)26)28(37)21-6-7-24-23(12-21)16-34-15-22(20-4-2-19(14-29)3-5-20)13-25(34)27-30-8-9-36(24)27/h2-9,12-13,15H,10-11,16-17H2,1H3. The van der Waals surface area contributed by atoms with E-state index >= 15 is 0 Å². The van der Waals surface area contributed by atoms with Crippen molar-refractivity contribution >= 4 is 5.91 Å². The second-order valence-electron chi connectivity index (χ2n) is 9.44. The van der Waals surface area contributed by atoms with E-state index in [1.807, 2.05) is 60.5 Å². The number of aryl methyl sites for hydroxylation is 1. The van der Waals surface area contributed by atoms with E-state index in [1.54, 1.807) is 6.20 Å². The first-order valence-corrected chi connectivity index (χ1v) is 12.1. The zero-order valence-corrected chi connectivity index (χ0v) is 20.2. The quantitative estimate of drug-likeness (QED) is 0.371. The van der Waals surface area contributed by atoms with Gasteiger partial charge >= 0.3 is 0 Å². The van der Waals surface area contributed by atoms with Crippen LogP contribution in [0.5, 0.6) is 0 Å². The molecule has 5 aromatic rings. The van der Waals surface area contributed by atoms with Crippen molar-refractivity contribution in [3.63, 3.8) is 0 Å². The predicted molar refractivity (Wildman–Crippen MR) is 136 cm³/mol. The lowest BCUT2D eigenvalue weighted by Crippen LogP contribution is -2.38. The molecule has 0 radical (unpaired) electrons. The number of aromatic nitrogens is 6. The van der Waals surface area contributed by atoms with E-state index in [2.05, 4.69) is 47.2 Å². The molecule has 2 aliphatic heterocycles. The highest BCUT2D eigenvalue weighted by atomic mass is 16.2. The molecule has 0 fully saturated rings. The molecule has 9 nitrogen and oxygen atoms in total. The number of hydrogen-bond donors (Lipinski definition) is 0. The number of carbonyl (C=O) groups is 1. The number of nitrogens with zero attached hydrogens (tertiary/aromatic N) is 8. The Balaban J connectivity index is 1.25. The zero-order valence-electron chi connectivity index (χ0n) is 20.2. The van der Waals surface area contributed by atoms with Crippen molar-refractivity contribution in [1.29, 1.82) is 5.26 Å². The van der Waals surface area contributed by atoms with Crippen molar-refractivity contribution in [2.45, 2.75) is 26.6 Å². The van der Waals surface area contributed by atoms with Crippen LogP contribution in [-0.4, -0.2) is 46.2 Å². The van der Waals surface area contributed by atoms with Gasteiger partial charge in [0.15, 0.2) is 11.6 Å². The molecule has 0 spiro atoms. The first kappa shape index (κ1) is 21.3. The molecule has 1 amide bonds. The smallest absolute Gasteiger partial charge is 0.254 e. The van der Waals surface area contributed by atoms with Crippen molar-refractivity contribution in [2.75, 3.05) is 6.54 Å². The van der Waals surface area contributed by atoms with Gasteiger partial charge in [0.1, 0.15) is 5.82 Å². The van der Waals surface area contributed by atoms with Crippen molar-refractivity contribution < 1.29 is 4.79 Å². The summed E-state index contributed by atoms with van der Waals surface area (Å²) in [7, 11) is 0. The van der Waals surface area contributed by atoms with Crippen molar-refractivity contribution in [1.82, 2.24) is 33.8 Å². The van der Waals surface area contributed by atoms with Crippen LogP contribution in [0.1, 0.15) is 33.1 Å². The number of nitriles is 1. The van der Waals surface area contributed by atoms with Crippen molar-refractivity contribution in [2.24, 2.45) is 0 Å². The summed E-state index contributed by atoms with van der Waals surface area (Å²) in [5, 5.41) is 17.5. The van der Waals surface area contributed by atoms with Gasteiger partial charge in [-0.3, -0.25) is 9.36 Å². The van der Waals surface area contributed by atoms with Crippen LogP contribution in [-0.2, 0) is 19.6 Å². The van der Waals surface area contributed by atoms with Gasteiger partial charge in [-0.1, -0.05) is 12.1 Å². The predicted octanol–water partition coefficient (Wildman–Crippen LogP) is 3.80. The molecule has 180 valence electrons. The van der Waals surface area contributed by atoms with Crippen LogP contribution in [0.25, 0.3) is 28.3 Å². The molecule has 2 aromatic carbocycles. The fraction of sp³-hybridized carbons (Fsp3) is 0.179. The van der Waals surface area contributed by atoms with Gasteiger partial charge in [-0.05, 0) is 54.4 Å². The molecule has 3 aromatic heterocycles. The number of rotatable bonds is 2. The largest absolute Gasteiger partial charge is 0.340 e. The van der Waals surface area contributed by atoms with E-state index in [0.717, 1.165) is 45.5 Å². The SMILES string of the molecule is Cc1nnc2n1CCN(C(=O)c1ccc3c(c1)Cn1cc(-c4ccc(C#N)cc4)cc1-c1nccn1-3)C2. The lowest BCUT2D eigenvalue weighted by Gasteiger charge is -2.28. The maximum absolute atomic E-state index is 13.5. The highest BCUT2D eigenvalue weighted by molar-refractivity contribution is 5.95. The normalized spacial score (nSPS) is 13.7. The molecule has 0 saturated carbocycles. The molecule has 0 bridgehead atoms. The Morgan fingerprint density at radius 2 is 1.86 bits per heavy atom. The molecule has 5 heterocycles. The second kappa shape index (κ2) is 8.03. The Morgan fingerprint density at radius 3 is 2.70 bits per heavy atom. The van der Waals surface area contributed by atoms with Crippen molar-refractivity contribution in [3.05, 3.63) is 95.5 Å². The summed E-state index contributed by atoms with van der Waals surface area (Å²) in [6, 6.07) is 17.8. The third-order valence-corrected chi connectivity index (χ3v) is 7.27. The Hall–Kier alpha value is -4.97. The maximum atomic E-state index is 13.5. The Morgan fingerprint density at radius 1 is 1.00 bits per heavy atom. The van der Waals surface area contributed by atoms with Crippen LogP contribution in [0.2, 0.25) is 0 Å². The fourth-order valence-electron chi connectivity index (χ4n) is 5.33. The topological polar surface area (TPSA) is 97.6 Å². The number of imidazole rings is 1. The average molecular weight is 487 g/mol. The Bertz CT molecular complexity index is 1730. The third-order valence-electron chi connectivity index (χ3n) is 7.27. The van der Waals surface area contributed by atoms with Crippen LogP contribution in [0, 0.1) is 18.3 Å². The number of fused-ring (bicyclic) bond motifs is 6. The van der Waals surface area contributed by atoms with Gasteiger partial charge in [-0.25, -0.2) is 4.98 Å². The maximum Gasteiger partial charge on any atom is 0.254 e. The monoisotopic (exact) mass is 486 g/mol. The summed E-state index contributed by atoms with van der Waals surface area (Å²) >= 11 is 0. The molecule has 9 heteroatoms. The molecular formula is C28H22N8O. The fourth-order valence-corrected chi connectivity index (χ4v) is 5.33. The molecule has 0 saturated heterocycles. The van der Waals surface area contributed by atoms with Gasteiger partial charge in [-0.15, -0.1) is 10.2 Å². The van der Waals surface area contributed by atoms with Gasteiger partial charge in [0, 0.05) is 49.4 Å². The molecule has 0 aliphatic carbocycles. The van der Waals surface area contributed by atoms with E-state index in [0.29, 0.717) is 37.3 Å². The number of carbonyl (C=O) groups excluding carboxylic acids is 1. The molecule has 0 unspecified atom stereocenters. The number of benzene rings is 2. The van der Waals surface area contributed by atoms with Gasteiger partial charge in [0.2, 0.25) is 0 Å². The second-order valence-corrected chi connectivity index (χ2v) is 9.44. The zero-order chi connectivity index (χ0) is 25.1. The molecule has 2 aliphatic rings. The minimum Gasteiger partial charge on any atom is -0.340 e. The van der Waals surface area contributed by atoms with E-state index < -0.39 is 0 Å². The van der Waals surface area contributed by atoms with Crippen LogP contribution in [0.4, 0.5) is 0 Å². The van der Waals surface area contributed by atoms with E-state index in [4.69, 9.17) is 5.26 Å². The first-order valence-electron chi connectivity index (χ1n) is 12.1. The van der Waals surface area contributed by atoms with E-state index in [9.17, 15) is 4.79 Å². The van der Waals surface area contributed by atoms with Gasteiger partial charge in [0.25, 0.3) is 5.91 Å². The van der Waals surface area contributed by atoms with Gasteiger partial charge in [-0.2, -0.15) is 5.26 Å².